The van der Waals surface area contributed by atoms with Crippen molar-refractivity contribution in [1.82, 2.24) is 0 Å². The van der Waals surface area contributed by atoms with E-state index in [-0.39, 0.29) is 0 Å². The summed E-state index contributed by atoms with van der Waals surface area (Å²) in [5, 5.41) is 11.5. The highest BCUT2D eigenvalue weighted by Gasteiger charge is 2.31. The fraction of sp³-hybridized carbons (Fsp3) is 0.467. The van der Waals surface area contributed by atoms with Crippen LogP contribution in [0, 0.1) is 0 Å². The lowest BCUT2D eigenvalue weighted by molar-refractivity contribution is -0.138. The van der Waals surface area contributed by atoms with Crippen LogP contribution < -0.4 is 5.32 Å². The van der Waals surface area contributed by atoms with E-state index in [0.29, 0.717) is 11.3 Å². The van der Waals surface area contributed by atoms with E-state index < -0.39 is 38.1 Å². The molecule has 0 aliphatic heterocycles. The minimum absolute atomic E-state index is 0.375. The van der Waals surface area contributed by atoms with Gasteiger partial charge in [-0.15, -0.1) is 0 Å². The molecule has 1 rings (SSSR count). The topological polar surface area (TPSA) is 101 Å². The molecule has 0 aromatic heterocycles. The van der Waals surface area contributed by atoms with Crippen molar-refractivity contribution in [3.8, 4) is 0 Å². The molecule has 0 radical (unpaired) electrons. The van der Waals surface area contributed by atoms with Crippen LogP contribution in [0.2, 0.25) is 0 Å². The Labute approximate surface area is 130 Å². The fourth-order valence-electron chi connectivity index (χ4n) is 1.61. The van der Waals surface area contributed by atoms with Crippen molar-refractivity contribution in [1.29, 1.82) is 0 Å². The van der Waals surface area contributed by atoms with Gasteiger partial charge in [-0.25, -0.2) is 8.42 Å². The number of hydrogen-bond acceptors (Lipinski definition) is 4. The SMILES string of the molecule is CC(C(=O)O)c1cccc(NC(=O)CS(=O)(=O)C(C)(C)C)c1. The van der Waals surface area contributed by atoms with E-state index in [4.69, 9.17) is 5.11 Å². The van der Waals surface area contributed by atoms with Gasteiger partial charge in [-0.2, -0.15) is 0 Å². The first-order valence-corrected chi connectivity index (χ1v) is 8.44. The van der Waals surface area contributed by atoms with Crippen molar-refractivity contribution >= 4 is 27.4 Å². The van der Waals surface area contributed by atoms with E-state index in [0.717, 1.165) is 0 Å². The van der Waals surface area contributed by atoms with Crippen molar-refractivity contribution in [2.24, 2.45) is 0 Å². The molecule has 2 N–H and O–H groups in total. The second kappa shape index (κ2) is 6.48. The van der Waals surface area contributed by atoms with Crippen molar-refractivity contribution in [3.63, 3.8) is 0 Å². The molecule has 6 nitrogen and oxygen atoms in total. The number of carboxylic acids is 1. The number of anilines is 1. The molecule has 1 aromatic carbocycles. The number of carbonyl (C=O) groups excluding carboxylic acids is 1. The predicted molar refractivity (Wildman–Crippen MR) is 84.7 cm³/mol. The smallest absolute Gasteiger partial charge is 0.310 e. The number of benzene rings is 1. The highest BCUT2D eigenvalue weighted by molar-refractivity contribution is 7.93. The van der Waals surface area contributed by atoms with Gasteiger partial charge in [0.1, 0.15) is 5.75 Å². The molecule has 0 saturated heterocycles. The summed E-state index contributed by atoms with van der Waals surface area (Å²) < 4.78 is 22.9. The van der Waals surface area contributed by atoms with Gasteiger partial charge in [0, 0.05) is 5.69 Å². The molecule has 1 amide bonds. The molecule has 0 aliphatic rings. The van der Waals surface area contributed by atoms with E-state index in [9.17, 15) is 18.0 Å². The van der Waals surface area contributed by atoms with Crippen LogP contribution >= 0.6 is 0 Å². The van der Waals surface area contributed by atoms with Crippen molar-refractivity contribution in [2.45, 2.75) is 38.4 Å². The average Bonchev–Trinajstić information content (AvgIpc) is 2.35. The van der Waals surface area contributed by atoms with Gasteiger partial charge in [-0.1, -0.05) is 12.1 Å². The molecule has 0 heterocycles. The van der Waals surface area contributed by atoms with E-state index in [1.165, 1.54) is 33.8 Å². The van der Waals surface area contributed by atoms with Gasteiger partial charge in [-0.05, 0) is 45.4 Å². The lowest BCUT2D eigenvalue weighted by Gasteiger charge is -2.18. The third-order valence-corrected chi connectivity index (χ3v) is 5.80. The number of amides is 1. The predicted octanol–water partition coefficient (Wildman–Crippen LogP) is 2.03. The summed E-state index contributed by atoms with van der Waals surface area (Å²) >= 11 is 0. The summed E-state index contributed by atoms with van der Waals surface area (Å²) in [5.41, 5.74) is 0.906. The highest BCUT2D eigenvalue weighted by atomic mass is 32.2. The monoisotopic (exact) mass is 327 g/mol. The molecule has 1 aromatic rings. The normalized spacial score (nSPS) is 13.5. The zero-order valence-electron chi connectivity index (χ0n) is 13.1. The van der Waals surface area contributed by atoms with Gasteiger partial charge < -0.3 is 10.4 Å². The number of nitrogens with one attached hydrogen (secondary N) is 1. The Morgan fingerprint density at radius 1 is 1.27 bits per heavy atom. The molecule has 7 heteroatoms. The number of carboxylic acid groups (broad SMARTS) is 1. The van der Waals surface area contributed by atoms with Crippen LogP contribution in [0.25, 0.3) is 0 Å². The maximum Gasteiger partial charge on any atom is 0.310 e. The number of rotatable bonds is 5. The van der Waals surface area contributed by atoms with Crippen molar-refractivity contribution in [3.05, 3.63) is 29.8 Å². The molecule has 22 heavy (non-hydrogen) atoms. The second-order valence-electron chi connectivity index (χ2n) is 6.11. The molecule has 0 fully saturated rings. The van der Waals surface area contributed by atoms with Crippen molar-refractivity contribution < 1.29 is 23.1 Å². The molecule has 0 saturated carbocycles. The minimum atomic E-state index is -3.56. The van der Waals surface area contributed by atoms with E-state index >= 15 is 0 Å². The maximum atomic E-state index is 12.0. The highest BCUT2D eigenvalue weighted by Crippen LogP contribution is 2.20. The van der Waals surface area contributed by atoms with Crippen LogP contribution in [0.1, 0.15) is 39.2 Å². The summed E-state index contributed by atoms with van der Waals surface area (Å²) in [7, 11) is -3.56. The van der Waals surface area contributed by atoms with Crippen LogP contribution in [-0.2, 0) is 19.4 Å². The molecule has 0 bridgehead atoms. The lowest BCUT2D eigenvalue weighted by atomic mass is 10.0. The number of aliphatic carboxylic acids is 1. The Morgan fingerprint density at radius 3 is 2.36 bits per heavy atom. The third kappa shape index (κ3) is 4.56. The Kier molecular flexibility index (Phi) is 5.35. The van der Waals surface area contributed by atoms with Gasteiger partial charge >= 0.3 is 5.97 Å². The summed E-state index contributed by atoms with van der Waals surface area (Å²) in [6, 6.07) is 6.36. The van der Waals surface area contributed by atoms with E-state index in [1.807, 2.05) is 0 Å². The largest absolute Gasteiger partial charge is 0.481 e. The molecular formula is C15H21NO5S. The first-order valence-electron chi connectivity index (χ1n) is 6.79. The number of sulfone groups is 1. The second-order valence-corrected chi connectivity index (χ2v) is 8.85. The van der Waals surface area contributed by atoms with Gasteiger partial charge in [0.05, 0.1) is 10.7 Å². The molecule has 122 valence electrons. The van der Waals surface area contributed by atoms with E-state index in [2.05, 4.69) is 5.32 Å². The van der Waals surface area contributed by atoms with Gasteiger partial charge in [-0.3, -0.25) is 9.59 Å². The van der Waals surface area contributed by atoms with Crippen LogP contribution in [0.4, 0.5) is 5.69 Å². The van der Waals surface area contributed by atoms with Gasteiger partial charge in [0.2, 0.25) is 5.91 Å². The van der Waals surface area contributed by atoms with E-state index in [1.54, 1.807) is 18.2 Å². The molecule has 0 aliphatic carbocycles. The van der Waals surface area contributed by atoms with Crippen LogP contribution in [0.3, 0.4) is 0 Å². The molecule has 0 spiro atoms. The maximum absolute atomic E-state index is 12.0. The average molecular weight is 327 g/mol. The first-order chi connectivity index (χ1) is 9.94. The zero-order valence-corrected chi connectivity index (χ0v) is 13.9. The van der Waals surface area contributed by atoms with Crippen LogP contribution in [0.5, 0.6) is 0 Å². The lowest BCUT2D eigenvalue weighted by Crippen LogP contribution is -2.35. The Hall–Kier alpha value is -1.89. The van der Waals surface area contributed by atoms with Crippen molar-refractivity contribution in [2.75, 3.05) is 11.1 Å². The Morgan fingerprint density at radius 2 is 1.86 bits per heavy atom. The Balaban J connectivity index is 2.86. The molecule has 1 unspecified atom stereocenters. The Bertz CT molecular complexity index is 673. The molecule has 1 atom stereocenters. The first kappa shape index (κ1) is 18.2. The summed E-state index contributed by atoms with van der Waals surface area (Å²) in [4.78, 5) is 22.8. The summed E-state index contributed by atoms with van der Waals surface area (Å²) in [6.07, 6.45) is 0. The fourth-order valence-corrected chi connectivity index (χ4v) is 2.46. The van der Waals surface area contributed by atoms with Crippen LogP contribution in [-0.4, -0.2) is 35.9 Å². The minimum Gasteiger partial charge on any atom is -0.481 e. The van der Waals surface area contributed by atoms with Crippen LogP contribution in [0.15, 0.2) is 24.3 Å². The molecular weight excluding hydrogens is 306 g/mol. The number of carbonyl (C=O) groups is 2. The third-order valence-electron chi connectivity index (χ3n) is 3.29. The quantitative estimate of drug-likeness (QED) is 0.862. The standard InChI is InChI=1S/C15H21NO5S/c1-10(14(18)19)11-6-5-7-12(8-11)16-13(17)9-22(20,21)15(2,3)4/h5-8,10H,9H2,1-4H3,(H,16,17)(H,18,19). The summed E-state index contributed by atoms with van der Waals surface area (Å²) in [6.45, 7) is 6.13. The summed E-state index contributed by atoms with van der Waals surface area (Å²) in [5.74, 6) is -2.95. The van der Waals surface area contributed by atoms with Gasteiger partial charge in [0.25, 0.3) is 0 Å². The zero-order chi connectivity index (χ0) is 17.1. The number of hydrogen-bond donors (Lipinski definition) is 2. The van der Waals surface area contributed by atoms with Gasteiger partial charge in [0.15, 0.2) is 9.84 Å².